The largest absolute Gasteiger partial charge is 0.497 e. The molecule has 106 valence electrons. The third kappa shape index (κ3) is 3.28. The summed E-state index contributed by atoms with van der Waals surface area (Å²) in [5.74, 6) is 1.42. The van der Waals surface area contributed by atoms with Gasteiger partial charge >= 0.3 is 0 Å². The minimum absolute atomic E-state index is 0.594. The van der Waals surface area contributed by atoms with E-state index in [1.807, 2.05) is 12.1 Å². The minimum Gasteiger partial charge on any atom is -0.497 e. The molecule has 0 amide bonds. The minimum atomic E-state index is -0.753. The predicted molar refractivity (Wildman–Crippen MR) is 77.5 cm³/mol. The molecule has 2 rings (SSSR count). The molecule has 0 saturated heterocycles. The zero-order valence-corrected chi connectivity index (χ0v) is 12.2. The van der Waals surface area contributed by atoms with E-state index in [4.69, 9.17) is 4.74 Å². The molecule has 0 aromatic heterocycles. The van der Waals surface area contributed by atoms with E-state index in [-0.39, 0.29) is 0 Å². The lowest BCUT2D eigenvalue weighted by molar-refractivity contribution is 0.0186. The van der Waals surface area contributed by atoms with Gasteiger partial charge in [-0.3, -0.25) is 0 Å². The molecule has 0 saturated carbocycles. The van der Waals surface area contributed by atoms with Crippen LogP contribution in [0.4, 0.5) is 0 Å². The van der Waals surface area contributed by atoms with Gasteiger partial charge in [0.05, 0.1) is 7.11 Å². The average molecular weight is 263 g/mol. The molecule has 0 spiro atoms. The van der Waals surface area contributed by atoms with Crippen LogP contribution in [-0.2, 0) is 12.0 Å². The van der Waals surface area contributed by atoms with Gasteiger partial charge in [-0.2, -0.15) is 0 Å². The second-order valence-corrected chi connectivity index (χ2v) is 5.93. The van der Waals surface area contributed by atoms with Crippen LogP contribution < -0.4 is 10.1 Å². The van der Waals surface area contributed by atoms with E-state index in [1.165, 1.54) is 5.56 Å². The third-order valence-electron chi connectivity index (χ3n) is 3.82. The van der Waals surface area contributed by atoms with Crippen LogP contribution in [0.1, 0.15) is 37.8 Å². The van der Waals surface area contributed by atoms with Crippen molar-refractivity contribution in [3.05, 3.63) is 29.3 Å². The van der Waals surface area contributed by atoms with Crippen molar-refractivity contribution in [3.8, 4) is 5.75 Å². The zero-order chi connectivity index (χ0) is 13.9. The number of hydrogen-bond acceptors (Lipinski definition) is 3. The first-order valence-electron chi connectivity index (χ1n) is 7.15. The first kappa shape index (κ1) is 14.4. The third-order valence-corrected chi connectivity index (χ3v) is 3.82. The van der Waals surface area contributed by atoms with E-state index in [0.29, 0.717) is 12.5 Å². The highest BCUT2D eigenvalue weighted by atomic mass is 16.5. The molecule has 0 bridgehead atoms. The molecule has 1 aromatic rings. The summed E-state index contributed by atoms with van der Waals surface area (Å²) in [6.45, 7) is 5.90. The Morgan fingerprint density at radius 2 is 2.21 bits per heavy atom. The van der Waals surface area contributed by atoms with E-state index in [2.05, 4.69) is 25.2 Å². The van der Waals surface area contributed by atoms with Gasteiger partial charge in [0, 0.05) is 6.54 Å². The number of ether oxygens (including phenoxy) is 1. The number of methoxy groups -OCH3 is 1. The lowest BCUT2D eigenvalue weighted by Gasteiger charge is -2.35. The molecule has 1 unspecified atom stereocenters. The Balaban J connectivity index is 2.19. The van der Waals surface area contributed by atoms with E-state index < -0.39 is 5.60 Å². The summed E-state index contributed by atoms with van der Waals surface area (Å²) in [6.07, 6.45) is 2.91. The van der Waals surface area contributed by atoms with Crippen molar-refractivity contribution in [2.75, 3.05) is 20.2 Å². The Kier molecular flexibility index (Phi) is 4.48. The molecular formula is C16H25NO2. The van der Waals surface area contributed by atoms with Crippen molar-refractivity contribution < 1.29 is 9.84 Å². The number of fused-ring (bicyclic) bond motifs is 1. The summed E-state index contributed by atoms with van der Waals surface area (Å²) in [4.78, 5) is 0. The van der Waals surface area contributed by atoms with E-state index in [0.717, 1.165) is 37.1 Å². The normalized spacial score (nSPS) is 22.4. The predicted octanol–water partition coefficient (Wildman–Crippen LogP) is 2.46. The molecular weight excluding hydrogens is 238 g/mol. The molecule has 19 heavy (non-hydrogen) atoms. The second-order valence-electron chi connectivity index (χ2n) is 5.93. The number of rotatable bonds is 5. The van der Waals surface area contributed by atoms with Crippen molar-refractivity contribution >= 4 is 0 Å². The Morgan fingerprint density at radius 3 is 2.89 bits per heavy atom. The molecule has 0 aliphatic heterocycles. The summed E-state index contributed by atoms with van der Waals surface area (Å²) in [5, 5.41) is 14.3. The van der Waals surface area contributed by atoms with Gasteiger partial charge in [0.15, 0.2) is 0 Å². The topological polar surface area (TPSA) is 41.5 Å². The van der Waals surface area contributed by atoms with Gasteiger partial charge in [-0.05, 0) is 55.0 Å². The number of benzene rings is 1. The molecule has 1 aromatic carbocycles. The van der Waals surface area contributed by atoms with Crippen molar-refractivity contribution in [1.82, 2.24) is 5.32 Å². The zero-order valence-electron chi connectivity index (χ0n) is 12.2. The van der Waals surface area contributed by atoms with Gasteiger partial charge in [0.25, 0.3) is 0 Å². The monoisotopic (exact) mass is 263 g/mol. The highest BCUT2D eigenvalue weighted by Crippen LogP contribution is 2.36. The number of aliphatic hydroxyl groups is 1. The highest BCUT2D eigenvalue weighted by Gasteiger charge is 2.34. The molecule has 0 fully saturated rings. The molecule has 0 heterocycles. The summed E-state index contributed by atoms with van der Waals surface area (Å²) in [7, 11) is 1.67. The Hall–Kier alpha value is -1.06. The lowest BCUT2D eigenvalue weighted by atomic mass is 9.79. The van der Waals surface area contributed by atoms with Crippen molar-refractivity contribution in [3.63, 3.8) is 0 Å². The molecule has 2 N–H and O–H groups in total. The highest BCUT2D eigenvalue weighted by molar-refractivity contribution is 5.41. The fourth-order valence-corrected chi connectivity index (χ4v) is 2.79. The summed E-state index contributed by atoms with van der Waals surface area (Å²) < 4.78 is 5.28. The van der Waals surface area contributed by atoms with Crippen LogP contribution in [0.15, 0.2) is 18.2 Å². The van der Waals surface area contributed by atoms with Gasteiger partial charge < -0.3 is 15.2 Å². The van der Waals surface area contributed by atoms with E-state index in [1.54, 1.807) is 7.11 Å². The standard InChI is InChI=1S/C16H25NO2/c1-12(2)10-17-11-16(18)8-4-5-13-6-7-14(19-3)9-15(13)16/h6-7,9,12,17-18H,4-5,8,10-11H2,1-3H3. The average Bonchev–Trinajstić information content (AvgIpc) is 2.38. The van der Waals surface area contributed by atoms with Gasteiger partial charge in [-0.25, -0.2) is 0 Å². The summed E-state index contributed by atoms with van der Waals surface area (Å²) in [5.41, 5.74) is 1.53. The van der Waals surface area contributed by atoms with E-state index >= 15 is 0 Å². The van der Waals surface area contributed by atoms with E-state index in [9.17, 15) is 5.11 Å². The van der Waals surface area contributed by atoms with Crippen molar-refractivity contribution in [1.29, 1.82) is 0 Å². The van der Waals surface area contributed by atoms with Crippen LogP contribution in [0.5, 0.6) is 5.75 Å². The summed E-state index contributed by atoms with van der Waals surface area (Å²) >= 11 is 0. The Labute approximate surface area is 116 Å². The quantitative estimate of drug-likeness (QED) is 0.857. The molecule has 1 aliphatic rings. The Morgan fingerprint density at radius 1 is 1.42 bits per heavy atom. The molecule has 3 heteroatoms. The smallest absolute Gasteiger partial charge is 0.119 e. The number of nitrogens with one attached hydrogen (secondary N) is 1. The number of hydrogen-bond donors (Lipinski definition) is 2. The van der Waals surface area contributed by atoms with Crippen LogP contribution in [0.2, 0.25) is 0 Å². The van der Waals surface area contributed by atoms with Crippen molar-refractivity contribution in [2.45, 2.75) is 38.7 Å². The summed E-state index contributed by atoms with van der Waals surface area (Å²) in [6, 6.07) is 6.05. The fraction of sp³-hybridized carbons (Fsp3) is 0.625. The van der Waals surface area contributed by atoms with Gasteiger partial charge in [0.1, 0.15) is 11.4 Å². The fourth-order valence-electron chi connectivity index (χ4n) is 2.79. The number of aryl methyl sites for hydroxylation is 1. The Bertz CT molecular complexity index is 431. The second kappa shape index (κ2) is 5.93. The molecule has 0 radical (unpaired) electrons. The maximum Gasteiger partial charge on any atom is 0.119 e. The maximum atomic E-state index is 10.9. The first-order valence-corrected chi connectivity index (χ1v) is 7.15. The van der Waals surface area contributed by atoms with Crippen LogP contribution in [-0.4, -0.2) is 25.3 Å². The molecule has 1 atom stereocenters. The van der Waals surface area contributed by atoms with Gasteiger partial charge in [-0.15, -0.1) is 0 Å². The van der Waals surface area contributed by atoms with Crippen molar-refractivity contribution in [2.24, 2.45) is 5.92 Å². The van der Waals surface area contributed by atoms with Gasteiger partial charge in [-0.1, -0.05) is 19.9 Å². The SMILES string of the molecule is COc1ccc2c(c1)C(O)(CNCC(C)C)CCC2. The maximum absolute atomic E-state index is 10.9. The first-order chi connectivity index (χ1) is 9.05. The van der Waals surface area contributed by atoms with Crippen LogP contribution in [0.3, 0.4) is 0 Å². The molecule has 1 aliphatic carbocycles. The van der Waals surface area contributed by atoms with Crippen LogP contribution >= 0.6 is 0 Å². The van der Waals surface area contributed by atoms with Crippen LogP contribution in [0, 0.1) is 5.92 Å². The van der Waals surface area contributed by atoms with Crippen LogP contribution in [0.25, 0.3) is 0 Å². The molecule has 3 nitrogen and oxygen atoms in total. The lowest BCUT2D eigenvalue weighted by Crippen LogP contribution is -2.41. The van der Waals surface area contributed by atoms with Gasteiger partial charge in [0.2, 0.25) is 0 Å².